The minimum Gasteiger partial charge on any atom is -0.394 e. The summed E-state index contributed by atoms with van der Waals surface area (Å²) < 4.78 is 0. The highest BCUT2D eigenvalue weighted by Crippen LogP contribution is 2.20. The number of thiol groups is 1. The summed E-state index contributed by atoms with van der Waals surface area (Å²) in [6, 6.07) is 7.31. The van der Waals surface area contributed by atoms with E-state index in [4.69, 9.17) is 11.6 Å². The summed E-state index contributed by atoms with van der Waals surface area (Å²) in [6.45, 7) is 0.384. The molecule has 6 heteroatoms. The molecule has 0 spiro atoms. The van der Waals surface area contributed by atoms with Gasteiger partial charge in [0.25, 0.3) is 0 Å². The fourth-order valence-electron chi connectivity index (χ4n) is 2.07. The van der Waals surface area contributed by atoms with Gasteiger partial charge in [-0.2, -0.15) is 24.4 Å². The van der Waals surface area contributed by atoms with Gasteiger partial charge in [-0.1, -0.05) is 29.8 Å². The van der Waals surface area contributed by atoms with Gasteiger partial charge in [0.1, 0.15) is 0 Å². The summed E-state index contributed by atoms with van der Waals surface area (Å²) in [4.78, 5) is 14.1. The van der Waals surface area contributed by atoms with Gasteiger partial charge in [0, 0.05) is 18.0 Å². The van der Waals surface area contributed by atoms with Crippen LogP contribution in [0.4, 0.5) is 0 Å². The number of carbonyl (C=O) groups is 1. The van der Waals surface area contributed by atoms with Crippen molar-refractivity contribution in [2.45, 2.75) is 25.4 Å². The molecule has 0 saturated heterocycles. The average molecular weight is 348 g/mol. The molecule has 0 radical (unpaired) electrons. The standard InChI is InChI=1S/C15H22ClNO2S2/c1-21-9-7-13(11-18)17(15(19)6-8-20)10-12-4-2-3-5-14(12)16/h2-5,13,18,20H,6-11H2,1H3/t13-/m1/s1. The Bertz CT molecular complexity index is 445. The summed E-state index contributed by atoms with van der Waals surface area (Å²) in [7, 11) is 0. The first kappa shape index (κ1) is 18.7. The molecule has 0 fully saturated rings. The zero-order chi connectivity index (χ0) is 15.7. The van der Waals surface area contributed by atoms with Gasteiger partial charge in [-0.05, 0) is 35.8 Å². The van der Waals surface area contributed by atoms with Crippen molar-refractivity contribution < 1.29 is 9.90 Å². The molecule has 1 amide bonds. The lowest BCUT2D eigenvalue weighted by Crippen LogP contribution is -2.42. The summed E-state index contributed by atoms with van der Waals surface area (Å²) in [6.07, 6.45) is 3.14. The van der Waals surface area contributed by atoms with Crippen LogP contribution in [0.15, 0.2) is 24.3 Å². The average Bonchev–Trinajstić information content (AvgIpc) is 2.48. The molecule has 0 bridgehead atoms. The number of aliphatic hydroxyl groups is 1. The van der Waals surface area contributed by atoms with E-state index in [1.165, 1.54) is 0 Å². The van der Waals surface area contributed by atoms with Crippen molar-refractivity contribution >= 4 is 41.9 Å². The first-order chi connectivity index (χ1) is 10.1. The second kappa shape index (κ2) is 10.4. The maximum atomic E-state index is 12.3. The topological polar surface area (TPSA) is 40.5 Å². The van der Waals surface area contributed by atoms with Crippen LogP contribution in [0.3, 0.4) is 0 Å². The van der Waals surface area contributed by atoms with Gasteiger partial charge in [-0.3, -0.25) is 4.79 Å². The minimum absolute atomic E-state index is 0.00470. The molecular formula is C15H22ClNO2S2. The number of amides is 1. The Labute approximate surface area is 141 Å². The molecule has 0 aliphatic carbocycles. The SMILES string of the molecule is CSCC[C@H](CO)N(Cc1ccccc1Cl)C(=O)CCS. The van der Waals surface area contributed by atoms with Crippen LogP contribution in [0.5, 0.6) is 0 Å². The highest BCUT2D eigenvalue weighted by Gasteiger charge is 2.23. The Hall–Kier alpha value is -0.360. The van der Waals surface area contributed by atoms with Crippen LogP contribution in [0, 0.1) is 0 Å². The van der Waals surface area contributed by atoms with E-state index < -0.39 is 0 Å². The Balaban J connectivity index is 2.90. The third-order valence-corrected chi connectivity index (χ3v) is 4.49. The number of hydrogen-bond acceptors (Lipinski definition) is 4. The van der Waals surface area contributed by atoms with E-state index in [1.54, 1.807) is 16.7 Å². The highest BCUT2D eigenvalue weighted by atomic mass is 35.5. The lowest BCUT2D eigenvalue weighted by molar-refractivity contribution is -0.134. The Kier molecular flexibility index (Phi) is 9.24. The summed E-state index contributed by atoms with van der Waals surface area (Å²) >= 11 is 12.0. The van der Waals surface area contributed by atoms with E-state index in [0.717, 1.165) is 17.7 Å². The highest BCUT2D eigenvalue weighted by molar-refractivity contribution is 7.98. The molecule has 0 heterocycles. The number of nitrogens with zero attached hydrogens (tertiary/aromatic N) is 1. The Morgan fingerprint density at radius 3 is 2.76 bits per heavy atom. The smallest absolute Gasteiger partial charge is 0.224 e. The lowest BCUT2D eigenvalue weighted by atomic mass is 10.1. The van der Waals surface area contributed by atoms with E-state index in [2.05, 4.69) is 12.6 Å². The Morgan fingerprint density at radius 1 is 1.48 bits per heavy atom. The maximum absolute atomic E-state index is 12.3. The maximum Gasteiger partial charge on any atom is 0.224 e. The molecule has 118 valence electrons. The number of rotatable bonds is 9. The van der Waals surface area contributed by atoms with E-state index in [0.29, 0.717) is 23.7 Å². The molecule has 1 aromatic carbocycles. The third kappa shape index (κ3) is 6.10. The molecule has 21 heavy (non-hydrogen) atoms. The molecule has 3 nitrogen and oxygen atoms in total. The number of aliphatic hydroxyl groups excluding tert-OH is 1. The van der Waals surface area contributed by atoms with Gasteiger partial charge in [0.15, 0.2) is 0 Å². The van der Waals surface area contributed by atoms with Crippen molar-refractivity contribution in [1.29, 1.82) is 0 Å². The van der Waals surface area contributed by atoms with Crippen LogP contribution in [0.1, 0.15) is 18.4 Å². The normalized spacial score (nSPS) is 12.2. The van der Waals surface area contributed by atoms with Gasteiger partial charge in [-0.25, -0.2) is 0 Å². The molecule has 1 N–H and O–H groups in total. The molecular weight excluding hydrogens is 326 g/mol. The fraction of sp³-hybridized carbons (Fsp3) is 0.533. The van der Waals surface area contributed by atoms with Crippen molar-refractivity contribution in [3.63, 3.8) is 0 Å². The zero-order valence-corrected chi connectivity index (χ0v) is 14.6. The van der Waals surface area contributed by atoms with Crippen LogP contribution >= 0.6 is 36.0 Å². The van der Waals surface area contributed by atoms with E-state index in [-0.39, 0.29) is 18.6 Å². The van der Waals surface area contributed by atoms with Crippen molar-refractivity contribution in [2.75, 3.05) is 24.4 Å². The quantitative estimate of drug-likeness (QED) is 0.674. The summed E-state index contributed by atoms with van der Waals surface area (Å²) in [5.41, 5.74) is 0.897. The largest absolute Gasteiger partial charge is 0.394 e. The molecule has 1 rings (SSSR count). The van der Waals surface area contributed by atoms with Gasteiger partial charge in [0.2, 0.25) is 5.91 Å². The van der Waals surface area contributed by atoms with Crippen molar-refractivity contribution in [2.24, 2.45) is 0 Å². The lowest BCUT2D eigenvalue weighted by Gasteiger charge is -2.31. The van der Waals surface area contributed by atoms with E-state index in [1.807, 2.05) is 30.5 Å². The number of hydrogen-bond donors (Lipinski definition) is 2. The van der Waals surface area contributed by atoms with Gasteiger partial charge in [0.05, 0.1) is 12.6 Å². The molecule has 1 atom stereocenters. The molecule has 0 aliphatic heterocycles. The second-order valence-corrected chi connectivity index (χ2v) is 6.54. The van der Waals surface area contributed by atoms with Crippen molar-refractivity contribution in [3.8, 4) is 0 Å². The predicted octanol–water partition coefficient (Wildman–Crippen LogP) is 3.10. The zero-order valence-electron chi connectivity index (χ0n) is 12.2. The molecule has 0 aromatic heterocycles. The monoisotopic (exact) mass is 347 g/mol. The Morgan fingerprint density at radius 2 is 2.19 bits per heavy atom. The first-order valence-corrected chi connectivity index (χ1v) is 9.28. The van der Waals surface area contributed by atoms with Gasteiger partial charge in [-0.15, -0.1) is 0 Å². The van der Waals surface area contributed by atoms with E-state index >= 15 is 0 Å². The fourth-order valence-corrected chi connectivity index (χ4v) is 2.96. The van der Waals surface area contributed by atoms with E-state index in [9.17, 15) is 9.90 Å². The number of thioether (sulfide) groups is 1. The van der Waals surface area contributed by atoms with Gasteiger partial charge >= 0.3 is 0 Å². The van der Waals surface area contributed by atoms with Crippen LogP contribution in [0.2, 0.25) is 5.02 Å². The molecule has 0 unspecified atom stereocenters. The van der Waals surface area contributed by atoms with Crippen LogP contribution in [-0.2, 0) is 11.3 Å². The summed E-state index contributed by atoms with van der Waals surface area (Å²) in [5.74, 6) is 1.40. The number of carbonyl (C=O) groups excluding carboxylic acids is 1. The van der Waals surface area contributed by atoms with Crippen LogP contribution < -0.4 is 0 Å². The number of benzene rings is 1. The first-order valence-electron chi connectivity index (χ1n) is 6.87. The minimum atomic E-state index is -0.180. The third-order valence-electron chi connectivity index (χ3n) is 3.25. The predicted molar refractivity (Wildman–Crippen MR) is 94.3 cm³/mol. The van der Waals surface area contributed by atoms with Crippen LogP contribution in [0.25, 0.3) is 0 Å². The molecule has 0 aliphatic rings. The molecule has 1 aromatic rings. The second-order valence-electron chi connectivity index (χ2n) is 4.70. The van der Waals surface area contributed by atoms with Crippen LogP contribution in [-0.4, -0.2) is 46.3 Å². The number of halogens is 1. The summed E-state index contributed by atoms with van der Waals surface area (Å²) in [5, 5.41) is 10.3. The van der Waals surface area contributed by atoms with Crippen molar-refractivity contribution in [3.05, 3.63) is 34.9 Å². The molecule has 0 saturated carbocycles. The van der Waals surface area contributed by atoms with Crippen molar-refractivity contribution in [1.82, 2.24) is 4.90 Å². The van der Waals surface area contributed by atoms with Gasteiger partial charge < -0.3 is 10.0 Å².